The van der Waals surface area contributed by atoms with E-state index in [0.29, 0.717) is 23.8 Å². The SMILES string of the molecule is COc1ccc(C=Cc2cc(C)c(OC)c(OC)c2)cc1NC(=O)[C@@H]1COC(C)(C)N1C. The second-order valence-electron chi connectivity index (χ2n) is 8.24. The van der Waals surface area contributed by atoms with Gasteiger partial charge in [-0.3, -0.25) is 9.69 Å². The highest BCUT2D eigenvalue weighted by Crippen LogP contribution is 2.33. The number of hydrogen-bond acceptors (Lipinski definition) is 6. The topological polar surface area (TPSA) is 69.3 Å². The van der Waals surface area contributed by atoms with Gasteiger partial charge in [0.1, 0.15) is 17.5 Å². The molecule has 1 atom stereocenters. The molecule has 1 aliphatic heterocycles. The number of amides is 1. The third-order valence-electron chi connectivity index (χ3n) is 5.85. The Labute approximate surface area is 189 Å². The molecule has 0 radical (unpaired) electrons. The van der Waals surface area contributed by atoms with Crippen LogP contribution in [0.15, 0.2) is 30.3 Å². The van der Waals surface area contributed by atoms with Crippen LogP contribution >= 0.6 is 0 Å². The number of rotatable bonds is 7. The molecule has 0 aromatic heterocycles. The zero-order valence-corrected chi connectivity index (χ0v) is 19.8. The van der Waals surface area contributed by atoms with Gasteiger partial charge in [-0.25, -0.2) is 0 Å². The van der Waals surface area contributed by atoms with Crippen LogP contribution in [0, 0.1) is 6.92 Å². The summed E-state index contributed by atoms with van der Waals surface area (Å²) in [6.07, 6.45) is 3.97. The first-order valence-corrected chi connectivity index (χ1v) is 10.5. The molecule has 0 spiro atoms. The standard InChI is InChI=1S/C25H32N2O5/c1-16-12-18(14-22(30-6)23(16)31-7)9-8-17-10-11-21(29-5)19(13-17)26-24(28)20-15-32-25(2,3)27(20)4/h8-14,20H,15H2,1-7H3,(H,26,28)/t20-/m0/s1. The molecule has 172 valence electrons. The minimum atomic E-state index is -0.478. The molecule has 7 heteroatoms. The number of anilines is 1. The maximum atomic E-state index is 12.9. The van der Waals surface area contributed by atoms with Gasteiger partial charge in [-0.2, -0.15) is 0 Å². The van der Waals surface area contributed by atoms with Crippen LogP contribution in [0.2, 0.25) is 0 Å². The molecule has 0 saturated carbocycles. The zero-order valence-electron chi connectivity index (χ0n) is 19.8. The molecule has 7 nitrogen and oxygen atoms in total. The van der Waals surface area contributed by atoms with Crippen molar-refractivity contribution in [2.75, 3.05) is 40.3 Å². The number of hydrogen-bond donors (Lipinski definition) is 1. The van der Waals surface area contributed by atoms with Gasteiger partial charge in [-0.05, 0) is 68.8 Å². The second-order valence-corrected chi connectivity index (χ2v) is 8.24. The van der Waals surface area contributed by atoms with Crippen LogP contribution in [0.5, 0.6) is 17.2 Å². The quantitative estimate of drug-likeness (QED) is 0.651. The Balaban J connectivity index is 1.82. The Bertz CT molecular complexity index is 1020. The van der Waals surface area contributed by atoms with Crippen LogP contribution in [-0.4, -0.2) is 57.6 Å². The largest absolute Gasteiger partial charge is 0.495 e. The Morgan fingerprint density at radius 3 is 2.34 bits per heavy atom. The Hall–Kier alpha value is -3.03. The van der Waals surface area contributed by atoms with E-state index in [0.717, 1.165) is 22.4 Å². The van der Waals surface area contributed by atoms with E-state index in [4.69, 9.17) is 18.9 Å². The van der Waals surface area contributed by atoms with Crippen molar-refractivity contribution in [1.82, 2.24) is 4.90 Å². The molecule has 0 bridgehead atoms. The minimum absolute atomic E-state index is 0.131. The van der Waals surface area contributed by atoms with E-state index in [1.165, 1.54) is 0 Å². The van der Waals surface area contributed by atoms with E-state index in [1.807, 2.05) is 75.2 Å². The molecule has 1 N–H and O–H groups in total. The van der Waals surface area contributed by atoms with Gasteiger partial charge < -0.3 is 24.3 Å². The first kappa shape index (κ1) is 23.6. The van der Waals surface area contributed by atoms with Crippen molar-refractivity contribution >= 4 is 23.7 Å². The highest BCUT2D eigenvalue weighted by atomic mass is 16.5. The van der Waals surface area contributed by atoms with Gasteiger partial charge in [-0.15, -0.1) is 0 Å². The third-order valence-corrected chi connectivity index (χ3v) is 5.85. The summed E-state index contributed by atoms with van der Waals surface area (Å²) in [6.45, 7) is 6.21. The van der Waals surface area contributed by atoms with Crippen molar-refractivity contribution < 1.29 is 23.7 Å². The van der Waals surface area contributed by atoms with Gasteiger partial charge in [0.05, 0.1) is 33.6 Å². The normalized spacial score (nSPS) is 18.0. The van der Waals surface area contributed by atoms with Crippen LogP contribution in [0.1, 0.15) is 30.5 Å². The number of methoxy groups -OCH3 is 3. The molecule has 1 aliphatic rings. The number of likely N-dealkylation sites (N-methyl/N-ethyl adjacent to an activating group) is 1. The number of ether oxygens (including phenoxy) is 4. The lowest BCUT2D eigenvalue weighted by Crippen LogP contribution is -2.46. The lowest BCUT2D eigenvalue weighted by atomic mass is 10.1. The Kier molecular flexibility index (Phi) is 7.11. The number of carbonyl (C=O) groups is 1. The second kappa shape index (κ2) is 9.63. The zero-order chi connectivity index (χ0) is 23.5. The Morgan fingerprint density at radius 1 is 1.06 bits per heavy atom. The fraction of sp³-hybridized carbons (Fsp3) is 0.400. The molecule has 32 heavy (non-hydrogen) atoms. The molecule has 1 amide bonds. The van der Waals surface area contributed by atoms with Gasteiger partial charge in [0.25, 0.3) is 0 Å². The smallest absolute Gasteiger partial charge is 0.244 e. The van der Waals surface area contributed by atoms with E-state index in [9.17, 15) is 4.79 Å². The molecule has 0 aliphatic carbocycles. The van der Waals surface area contributed by atoms with Gasteiger partial charge in [0.2, 0.25) is 5.91 Å². The van der Waals surface area contributed by atoms with Crippen LogP contribution in [0.25, 0.3) is 12.2 Å². The number of aryl methyl sites for hydroxylation is 1. The number of carbonyl (C=O) groups excluding carboxylic acids is 1. The third kappa shape index (κ3) is 4.89. The predicted molar refractivity (Wildman–Crippen MR) is 126 cm³/mol. The Morgan fingerprint density at radius 2 is 1.75 bits per heavy atom. The summed E-state index contributed by atoms with van der Waals surface area (Å²) in [5.41, 5.74) is 3.02. The van der Waals surface area contributed by atoms with E-state index < -0.39 is 5.72 Å². The lowest BCUT2D eigenvalue weighted by molar-refractivity contribution is -0.120. The average molecular weight is 441 g/mol. The van der Waals surface area contributed by atoms with Gasteiger partial charge >= 0.3 is 0 Å². The van der Waals surface area contributed by atoms with Crippen LogP contribution < -0.4 is 19.5 Å². The summed E-state index contributed by atoms with van der Waals surface area (Å²) < 4.78 is 22.0. The fourth-order valence-corrected chi connectivity index (χ4v) is 3.74. The summed E-state index contributed by atoms with van der Waals surface area (Å²) in [4.78, 5) is 14.8. The van der Waals surface area contributed by atoms with E-state index in [1.54, 1.807) is 21.3 Å². The number of benzene rings is 2. The maximum absolute atomic E-state index is 12.9. The molecule has 2 aromatic carbocycles. The van der Waals surface area contributed by atoms with Crippen LogP contribution in [0.3, 0.4) is 0 Å². The molecule has 2 aromatic rings. The van der Waals surface area contributed by atoms with Crippen molar-refractivity contribution in [1.29, 1.82) is 0 Å². The van der Waals surface area contributed by atoms with Crippen molar-refractivity contribution in [3.05, 3.63) is 47.0 Å². The summed E-state index contributed by atoms with van der Waals surface area (Å²) >= 11 is 0. The first-order valence-electron chi connectivity index (χ1n) is 10.5. The van der Waals surface area contributed by atoms with E-state index in [2.05, 4.69) is 5.32 Å². The molecule has 1 heterocycles. The molecule has 3 rings (SSSR count). The minimum Gasteiger partial charge on any atom is -0.495 e. The predicted octanol–water partition coefficient (Wildman–Crippen LogP) is 4.20. The molecule has 1 fully saturated rings. The van der Waals surface area contributed by atoms with Crippen molar-refractivity contribution in [3.8, 4) is 17.2 Å². The molecule has 1 saturated heterocycles. The van der Waals surface area contributed by atoms with Crippen molar-refractivity contribution in [3.63, 3.8) is 0 Å². The van der Waals surface area contributed by atoms with Crippen molar-refractivity contribution in [2.45, 2.75) is 32.5 Å². The fourth-order valence-electron chi connectivity index (χ4n) is 3.74. The highest BCUT2D eigenvalue weighted by molar-refractivity contribution is 5.97. The summed E-state index contributed by atoms with van der Waals surface area (Å²) in [6, 6.07) is 9.25. The summed E-state index contributed by atoms with van der Waals surface area (Å²) in [5.74, 6) is 1.87. The average Bonchev–Trinajstić information content (AvgIpc) is 3.04. The van der Waals surface area contributed by atoms with Gasteiger partial charge in [0.15, 0.2) is 11.5 Å². The van der Waals surface area contributed by atoms with Gasteiger partial charge in [0, 0.05) is 0 Å². The summed E-state index contributed by atoms with van der Waals surface area (Å²) in [7, 11) is 6.72. The molecule has 0 unspecified atom stereocenters. The van der Waals surface area contributed by atoms with Gasteiger partial charge in [-0.1, -0.05) is 18.2 Å². The summed E-state index contributed by atoms with van der Waals surface area (Å²) in [5, 5.41) is 3.00. The monoisotopic (exact) mass is 440 g/mol. The van der Waals surface area contributed by atoms with Crippen LogP contribution in [0.4, 0.5) is 5.69 Å². The van der Waals surface area contributed by atoms with Crippen molar-refractivity contribution in [2.24, 2.45) is 0 Å². The van der Waals surface area contributed by atoms with E-state index >= 15 is 0 Å². The first-order chi connectivity index (χ1) is 15.2. The molecular formula is C25H32N2O5. The number of nitrogens with zero attached hydrogens (tertiary/aromatic N) is 1. The number of nitrogens with one attached hydrogen (secondary N) is 1. The maximum Gasteiger partial charge on any atom is 0.244 e. The lowest BCUT2D eigenvalue weighted by Gasteiger charge is -2.28. The molecular weight excluding hydrogens is 408 g/mol. The van der Waals surface area contributed by atoms with E-state index in [-0.39, 0.29) is 11.9 Å². The van der Waals surface area contributed by atoms with Crippen LogP contribution in [-0.2, 0) is 9.53 Å². The highest BCUT2D eigenvalue weighted by Gasteiger charge is 2.41.